The van der Waals surface area contributed by atoms with E-state index in [9.17, 15) is 0 Å². The summed E-state index contributed by atoms with van der Waals surface area (Å²) in [4.78, 5) is 0. The van der Waals surface area contributed by atoms with E-state index in [1.54, 1.807) is 22.3 Å². The Morgan fingerprint density at radius 2 is 1.19 bits per heavy atom. The van der Waals surface area contributed by atoms with Gasteiger partial charge in [0.15, 0.2) is 0 Å². The number of rotatable bonds is 6. The molecule has 0 atom stereocenters. The van der Waals surface area contributed by atoms with Crippen LogP contribution in [0.25, 0.3) is 0 Å². The Bertz CT molecular complexity index is 437. The molecule has 2 rings (SSSR count). The smallest absolute Gasteiger partial charge is 1.00 e. The Balaban J connectivity index is 0.00000200. The van der Waals surface area contributed by atoms with Crippen molar-refractivity contribution < 1.29 is 48.0 Å². The van der Waals surface area contributed by atoms with Crippen molar-refractivity contribution in [3.8, 4) is 0 Å². The Morgan fingerprint density at radius 1 is 0.810 bits per heavy atom. The van der Waals surface area contributed by atoms with Crippen LogP contribution in [-0.4, -0.2) is 0 Å². The number of hydrogen-bond donors (Lipinski definition) is 0. The fourth-order valence-corrected chi connectivity index (χ4v) is 7.15. The van der Waals surface area contributed by atoms with E-state index < -0.39 is 23.2 Å². The summed E-state index contributed by atoms with van der Waals surface area (Å²) in [7, 11) is 0. The van der Waals surface area contributed by atoms with E-state index in [2.05, 4.69) is 39.8 Å². The molecule has 0 N–H and O–H groups in total. The third-order valence-corrected chi connectivity index (χ3v) is 9.06. The normalized spacial score (nSPS) is 17.1. The van der Waals surface area contributed by atoms with Crippen LogP contribution in [0, 0.1) is 0 Å². The van der Waals surface area contributed by atoms with Gasteiger partial charge in [-0.05, 0) is 0 Å². The summed E-state index contributed by atoms with van der Waals surface area (Å²) in [6.07, 6.45) is 12.7. The van der Waals surface area contributed by atoms with Gasteiger partial charge in [0.1, 0.15) is 0 Å². The van der Waals surface area contributed by atoms with Crippen molar-refractivity contribution in [1.82, 2.24) is 0 Å². The quantitative estimate of drug-likeness (QED) is 0.580. The maximum Gasteiger partial charge on any atom is -1.00 e. The summed E-state index contributed by atoms with van der Waals surface area (Å²) in [5, 5.41) is 0. The molecule has 0 saturated carbocycles. The van der Waals surface area contributed by atoms with Crippen LogP contribution in [0.4, 0.5) is 0 Å². The molecule has 0 spiro atoms. The summed E-state index contributed by atoms with van der Waals surface area (Å²) in [5.41, 5.74) is 6.76. The van der Waals surface area contributed by atoms with Crippen LogP contribution in [0.2, 0.25) is 0 Å². The molecule has 2 aliphatic carbocycles. The standard InChI is InChI=1S/2C9H13.2ClH.Zr/c2*1-3-4-9-6-5-8(2)7-9;;;/h2*5H,3-4,6H2,1-2H3;2*1H;/q;;;;+2/p-2. The molecule has 0 bridgehead atoms. The number of hydrogen-bond acceptors (Lipinski definition) is 0. The van der Waals surface area contributed by atoms with Crippen molar-refractivity contribution in [2.45, 2.75) is 66.2 Å². The van der Waals surface area contributed by atoms with E-state index in [4.69, 9.17) is 0 Å². The first-order chi connectivity index (χ1) is 9.17. The van der Waals surface area contributed by atoms with Crippen molar-refractivity contribution in [3.05, 3.63) is 41.0 Å². The molecule has 0 aromatic carbocycles. The fraction of sp³-hybridized carbons (Fsp3) is 0.556. The first-order valence-corrected chi connectivity index (χ1v) is 10.2. The van der Waals surface area contributed by atoms with E-state index in [0.717, 1.165) is 0 Å². The maximum atomic E-state index is 2.47. The molecule has 0 nitrogen and oxygen atoms in total. The van der Waals surface area contributed by atoms with Gasteiger partial charge in [0.2, 0.25) is 0 Å². The fourth-order valence-electron chi connectivity index (χ4n) is 3.08. The predicted octanol–water partition coefficient (Wildman–Crippen LogP) is -0.115. The molecule has 116 valence electrons. The second-order valence-electron chi connectivity index (χ2n) is 5.76. The molecule has 0 aromatic rings. The minimum Gasteiger partial charge on any atom is -1.00 e. The van der Waals surface area contributed by atoms with Crippen molar-refractivity contribution in [2.75, 3.05) is 0 Å². The molecule has 0 saturated heterocycles. The van der Waals surface area contributed by atoms with E-state index in [0.29, 0.717) is 0 Å². The van der Waals surface area contributed by atoms with Crippen molar-refractivity contribution in [3.63, 3.8) is 0 Å². The van der Waals surface area contributed by atoms with Gasteiger partial charge in [0.25, 0.3) is 0 Å². The molecule has 0 heterocycles. The maximum absolute atomic E-state index is 2.47. The van der Waals surface area contributed by atoms with Crippen LogP contribution in [0.3, 0.4) is 0 Å². The van der Waals surface area contributed by atoms with Gasteiger partial charge < -0.3 is 24.8 Å². The van der Waals surface area contributed by atoms with Gasteiger partial charge in [-0.1, -0.05) is 0 Å². The van der Waals surface area contributed by atoms with Gasteiger partial charge in [-0.2, -0.15) is 0 Å². The Morgan fingerprint density at radius 3 is 1.52 bits per heavy atom. The molecule has 0 radical (unpaired) electrons. The van der Waals surface area contributed by atoms with Gasteiger partial charge in [-0.15, -0.1) is 0 Å². The Labute approximate surface area is 154 Å². The first-order valence-electron chi connectivity index (χ1n) is 7.72. The van der Waals surface area contributed by atoms with Gasteiger partial charge in [0, 0.05) is 0 Å². The molecule has 2 aliphatic rings. The Hall–Kier alpha value is 0.423. The monoisotopic (exact) mass is 402 g/mol. The second kappa shape index (κ2) is 10.2. The van der Waals surface area contributed by atoms with Gasteiger partial charge in [-0.25, -0.2) is 0 Å². The zero-order valence-corrected chi connectivity index (χ0v) is 17.6. The molecule has 0 aromatic heterocycles. The van der Waals surface area contributed by atoms with Gasteiger partial charge >= 0.3 is 130 Å². The third kappa shape index (κ3) is 5.23. The van der Waals surface area contributed by atoms with Crippen LogP contribution >= 0.6 is 0 Å². The topological polar surface area (TPSA) is 0 Å². The average Bonchev–Trinajstić information content (AvgIpc) is 2.90. The summed E-state index contributed by atoms with van der Waals surface area (Å²) in [6.45, 7) is 9.30. The molecular weight excluding hydrogens is 378 g/mol. The molecule has 21 heavy (non-hydrogen) atoms. The zero-order valence-electron chi connectivity index (χ0n) is 13.7. The number of allylic oxidation sites excluding steroid dienone is 8. The molecule has 3 heteroatoms. The van der Waals surface area contributed by atoms with Crippen LogP contribution in [0.1, 0.15) is 66.2 Å². The summed E-state index contributed by atoms with van der Waals surface area (Å²) < 4.78 is 3.65. The largest absolute Gasteiger partial charge is 1.00 e. The van der Waals surface area contributed by atoms with Crippen molar-refractivity contribution >= 4 is 0 Å². The summed E-state index contributed by atoms with van der Waals surface area (Å²) in [5.74, 6) is 0. The molecule has 0 fully saturated rings. The zero-order chi connectivity index (χ0) is 13.8. The summed E-state index contributed by atoms with van der Waals surface area (Å²) in [6, 6.07) is 0. The van der Waals surface area contributed by atoms with Crippen LogP contribution < -0.4 is 24.8 Å². The van der Waals surface area contributed by atoms with E-state index in [-0.39, 0.29) is 24.8 Å². The van der Waals surface area contributed by atoms with Crippen molar-refractivity contribution in [2.24, 2.45) is 0 Å². The van der Waals surface area contributed by atoms with Crippen LogP contribution in [0.15, 0.2) is 41.0 Å². The minimum atomic E-state index is -0.565. The van der Waals surface area contributed by atoms with Crippen LogP contribution in [0.5, 0.6) is 0 Å². The third-order valence-electron chi connectivity index (χ3n) is 4.16. The Kier molecular flexibility index (Phi) is 10.5. The van der Waals surface area contributed by atoms with E-state index in [1.165, 1.54) is 38.5 Å². The molecule has 0 amide bonds. The SMILES string of the molecule is CCCC1=[C]([Zr+2][C]2=C(CCC)CC=C2C)C(C)=CC1.[Cl-].[Cl-]. The number of halogens is 2. The minimum absolute atomic E-state index is 0. The molecule has 0 aliphatic heterocycles. The second-order valence-corrected chi connectivity index (χ2v) is 8.84. The first kappa shape index (κ1) is 21.4. The average molecular weight is 405 g/mol. The predicted molar refractivity (Wildman–Crippen MR) is 80.6 cm³/mol. The van der Waals surface area contributed by atoms with Gasteiger partial charge in [-0.3, -0.25) is 0 Å². The van der Waals surface area contributed by atoms with E-state index >= 15 is 0 Å². The van der Waals surface area contributed by atoms with Crippen molar-refractivity contribution in [1.29, 1.82) is 0 Å². The van der Waals surface area contributed by atoms with Gasteiger partial charge in [0.05, 0.1) is 0 Å². The van der Waals surface area contributed by atoms with E-state index in [1.807, 2.05) is 6.56 Å². The van der Waals surface area contributed by atoms with Crippen LogP contribution in [-0.2, 0) is 23.2 Å². The molecular formula is C18H26Cl2Zr. The molecule has 0 unspecified atom stereocenters. The summed E-state index contributed by atoms with van der Waals surface area (Å²) >= 11 is -0.565.